The number of aromatic amines is 1. The van der Waals surface area contributed by atoms with Gasteiger partial charge in [0.15, 0.2) is 0 Å². The SMILES string of the molecule is CCCCOc1ccc(-c2cc(-c3ccc(CC)s3)c(C(=O)Nc3ccc(C)cc3)c(=O)[nH]2)c(F)c1. The van der Waals surface area contributed by atoms with Crippen molar-refractivity contribution in [3.8, 4) is 27.4 Å². The highest BCUT2D eigenvalue weighted by Crippen LogP contribution is 2.34. The molecule has 1 amide bonds. The van der Waals surface area contributed by atoms with Crippen LogP contribution >= 0.6 is 11.3 Å². The van der Waals surface area contributed by atoms with E-state index in [1.165, 1.54) is 17.4 Å². The van der Waals surface area contributed by atoms with Crippen LogP contribution in [0.1, 0.15) is 47.5 Å². The molecule has 0 bridgehead atoms. The molecule has 0 saturated heterocycles. The lowest BCUT2D eigenvalue weighted by Crippen LogP contribution is -2.25. The molecule has 2 N–H and O–H groups in total. The van der Waals surface area contributed by atoms with E-state index >= 15 is 4.39 Å². The first-order chi connectivity index (χ1) is 17.4. The van der Waals surface area contributed by atoms with Crippen molar-refractivity contribution in [3.05, 3.63) is 92.8 Å². The van der Waals surface area contributed by atoms with Gasteiger partial charge in [0.1, 0.15) is 17.1 Å². The van der Waals surface area contributed by atoms with Crippen LogP contribution in [0.4, 0.5) is 10.1 Å². The van der Waals surface area contributed by atoms with E-state index in [1.54, 1.807) is 30.3 Å². The number of thiophene rings is 1. The Morgan fingerprint density at radius 2 is 1.81 bits per heavy atom. The van der Waals surface area contributed by atoms with Gasteiger partial charge in [-0.25, -0.2) is 4.39 Å². The van der Waals surface area contributed by atoms with Crippen LogP contribution in [0.3, 0.4) is 0 Å². The molecule has 4 aromatic rings. The van der Waals surface area contributed by atoms with Crippen LogP contribution in [0.2, 0.25) is 0 Å². The Hall–Kier alpha value is -3.71. The lowest BCUT2D eigenvalue weighted by atomic mass is 10.0. The highest BCUT2D eigenvalue weighted by Gasteiger charge is 2.22. The van der Waals surface area contributed by atoms with Gasteiger partial charge in [-0.15, -0.1) is 11.3 Å². The maximum absolute atomic E-state index is 15.1. The molecule has 0 aliphatic heterocycles. The van der Waals surface area contributed by atoms with E-state index in [-0.39, 0.29) is 11.1 Å². The van der Waals surface area contributed by atoms with Gasteiger partial charge in [0.05, 0.1) is 12.3 Å². The molecular formula is C29H29FN2O3S. The van der Waals surface area contributed by atoms with Gasteiger partial charge in [0, 0.05) is 32.6 Å². The smallest absolute Gasteiger partial charge is 0.261 e. The summed E-state index contributed by atoms with van der Waals surface area (Å²) in [4.78, 5) is 31.1. The van der Waals surface area contributed by atoms with E-state index in [0.717, 1.165) is 34.6 Å². The van der Waals surface area contributed by atoms with Crippen LogP contribution in [0.5, 0.6) is 5.75 Å². The summed E-state index contributed by atoms with van der Waals surface area (Å²) < 4.78 is 20.7. The number of anilines is 1. The Labute approximate surface area is 214 Å². The molecule has 2 heterocycles. The zero-order valence-corrected chi connectivity index (χ0v) is 21.4. The van der Waals surface area contributed by atoms with Gasteiger partial charge >= 0.3 is 0 Å². The number of unbranched alkanes of at least 4 members (excludes halogenated alkanes) is 1. The van der Waals surface area contributed by atoms with Crippen molar-refractivity contribution in [3.63, 3.8) is 0 Å². The van der Waals surface area contributed by atoms with Gasteiger partial charge < -0.3 is 15.0 Å². The van der Waals surface area contributed by atoms with E-state index in [9.17, 15) is 9.59 Å². The molecule has 7 heteroatoms. The number of benzene rings is 2. The van der Waals surface area contributed by atoms with Crippen molar-refractivity contribution in [1.29, 1.82) is 0 Å². The van der Waals surface area contributed by atoms with Gasteiger partial charge in [-0.1, -0.05) is 38.0 Å². The molecule has 0 aliphatic rings. The van der Waals surface area contributed by atoms with Gasteiger partial charge in [0.2, 0.25) is 0 Å². The van der Waals surface area contributed by atoms with E-state index in [0.29, 0.717) is 29.3 Å². The summed E-state index contributed by atoms with van der Waals surface area (Å²) in [5.74, 6) is -0.594. The molecule has 0 fully saturated rings. The lowest BCUT2D eigenvalue weighted by molar-refractivity contribution is 0.102. The second-order valence-corrected chi connectivity index (χ2v) is 9.75. The fourth-order valence-corrected chi connectivity index (χ4v) is 4.78. The Morgan fingerprint density at radius 3 is 2.47 bits per heavy atom. The number of amides is 1. The first-order valence-corrected chi connectivity index (χ1v) is 12.9. The number of carbonyl (C=O) groups excluding carboxylic acids is 1. The van der Waals surface area contributed by atoms with Gasteiger partial charge in [-0.2, -0.15) is 0 Å². The number of nitrogens with one attached hydrogen (secondary N) is 2. The first-order valence-electron chi connectivity index (χ1n) is 12.1. The van der Waals surface area contributed by atoms with Crippen molar-refractivity contribution in [2.24, 2.45) is 0 Å². The minimum Gasteiger partial charge on any atom is -0.493 e. The van der Waals surface area contributed by atoms with Crippen LogP contribution < -0.4 is 15.6 Å². The van der Waals surface area contributed by atoms with E-state index in [4.69, 9.17) is 4.74 Å². The molecule has 2 aromatic carbocycles. The predicted octanol–water partition coefficient (Wildman–Crippen LogP) is 7.21. The third kappa shape index (κ3) is 5.74. The van der Waals surface area contributed by atoms with Crippen molar-refractivity contribution in [1.82, 2.24) is 4.98 Å². The van der Waals surface area contributed by atoms with Crippen LogP contribution in [0, 0.1) is 12.7 Å². The quantitative estimate of drug-likeness (QED) is 0.237. The summed E-state index contributed by atoms with van der Waals surface area (Å²) in [5.41, 5.74) is 2.05. The van der Waals surface area contributed by atoms with E-state index in [2.05, 4.69) is 17.2 Å². The Balaban J connectivity index is 1.76. The second kappa shape index (κ2) is 11.4. The number of hydrogen-bond acceptors (Lipinski definition) is 4. The van der Waals surface area contributed by atoms with Crippen LogP contribution in [-0.4, -0.2) is 17.5 Å². The summed E-state index contributed by atoms with van der Waals surface area (Å²) in [6, 6.07) is 17.5. The number of aryl methyl sites for hydroxylation is 2. The molecule has 5 nitrogen and oxygen atoms in total. The number of ether oxygens (including phenoxy) is 1. The standard InChI is InChI=1S/C29H29FN2O3S/c1-4-6-15-35-20-11-13-22(24(30)16-20)25-17-23(26-14-12-21(5-2)36-26)27(29(34)32-25)28(33)31-19-9-7-18(3)8-10-19/h7-14,16-17H,4-6,15H2,1-3H3,(H,31,33)(H,32,34). The van der Waals surface area contributed by atoms with Crippen molar-refractivity contribution < 1.29 is 13.9 Å². The molecule has 4 rings (SSSR count). The third-order valence-corrected chi connectivity index (χ3v) is 7.11. The molecule has 0 atom stereocenters. The average Bonchev–Trinajstić information content (AvgIpc) is 3.34. The van der Waals surface area contributed by atoms with E-state index in [1.807, 2.05) is 38.1 Å². The number of carbonyl (C=O) groups is 1. The Bertz CT molecular complexity index is 1420. The summed E-state index contributed by atoms with van der Waals surface area (Å²) in [7, 11) is 0. The average molecular weight is 505 g/mol. The molecule has 0 radical (unpaired) electrons. The highest BCUT2D eigenvalue weighted by molar-refractivity contribution is 7.15. The molecule has 0 aliphatic carbocycles. The normalized spacial score (nSPS) is 10.9. The number of hydrogen-bond donors (Lipinski definition) is 2. The Kier molecular flexibility index (Phi) is 8.00. The first kappa shape index (κ1) is 25.4. The number of halogens is 1. The summed E-state index contributed by atoms with van der Waals surface area (Å²) >= 11 is 1.51. The fraction of sp³-hybridized carbons (Fsp3) is 0.241. The molecular weight excluding hydrogens is 475 g/mol. The molecule has 0 spiro atoms. The minimum atomic E-state index is -0.582. The number of H-pyrrole nitrogens is 1. The molecule has 2 aromatic heterocycles. The van der Waals surface area contributed by atoms with Crippen molar-refractivity contribution in [2.45, 2.75) is 40.0 Å². The molecule has 0 unspecified atom stereocenters. The molecule has 0 saturated carbocycles. The minimum absolute atomic E-state index is 0.0104. The third-order valence-electron chi connectivity index (χ3n) is 5.84. The summed E-state index contributed by atoms with van der Waals surface area (Å²) in [6.07, 6.45) is 2.70. The molecule has 186 valence electrons. The van der Waals surface area contributed by atoms with Crippen LogP contribution in [-0.2, 0) is 6.42 Å². The topological polar surface area (TPSA) is 71.2 Å². The van der Waals surface area contributed by atoms with Gasteiger partial charge in [-0.3, -0.25) is 9.59 Å². The number of aromatic nitrogens is 1. The number of rotatable bonds is 9. The number of pyridine rings is 1. The second-order valence-electron chi connectivity index (χ2n) is 8.58. The van der Waals surface area contributed by atoms with Crippen LogP contribution in [0.25, 0.3) is 21.7 Å². The lowest BCUT2D eigenvalue weighted by Gasteiger charge is -2.13. The maximum atomic E-state index is 15.1. The molecule has 36 heavy (non-hydrogen) atoms. The highest BCUT2D eigenvalue weighted by atomic mass is 32.1. The summed E-state index contributed by atoms with van der Waals surface area (Å²) in [5, 5.41) is 2.81. The van der Waals surface area contributed by atoms with Gasteiger partial charge in [-0.05, 0) is 62.2 Å². The van der Waals surface area contributed by atoms with E-state index < -0.39 is 17.3 Å². The Morgan fingerprint density at radius 1 is 1.03 bits per heavy atom. The fourth-order valence-electron chi connectivity index (χ4n) is 3.81. The van der Waals surface area contributed by atoms with Gasteiger partial charge in [0.25, 0.3) is 11.5 Å². The zero-order chi connectivity index (χ0) is 25.7. The van der Waals surface area contributed by atoms with Crippen LogP contribution in [0.15, 0.2) is 65.5 Å². The zero-order valence-electron chi connectivity index (χ0n) is 20.6. The maximum Gasteiger partial charge on any atom is 0.261 e. The largest absolute Gasteiger partial charge is 0.493 e. The van der Waals surface area contributed by atoms with Crippen molar-refractivity contribution in [2.75, 3.05) is 11.9 Å². The summed E-state index contributed by atoms with van der Waals surface area (Å²) in [6.45, 7) is 6.57. The predicted molar refractivity (Wildman–Crippen MR) is 145 cm³/mol. The monoisotopic (exact) mass is 504 g/mol. The van der Waals surface area contributed by atoms with Crippen molar-refractivity contribution >= 4 is 22.9 Å².